The highest BCUT2D eigenvalue weighted by Gasteiger charge is 2.13. The van der Waals surface area contributed by atoms with Crippen LogP contribution in [0.3, 0.4) is 0 Å². The zero-order chi connectivity index (χ0) is 11.4. The van der Waals surface area contributed by atoms with Gasteiger partial charge in [-0.15, -0.1) is 0 Å². The molecule has 0 amide bonds. The molecule has 16 heavy (non-hydrogen) atoms. The second kappa shape index (κ2) is 6.03. The summed E-state index contributed by atoms with van der Waals surface area (Å²) in [7, 11) is 0. The summed E-state index contributed by atoms with van der Waals surface area (Å²) in [5.41, 5.74) is 0.998. The van der Waals surface area contributed by atoms with Crippen LogP contribution >= 0.6 is 27.7 Å². The van der Waals surface area contributed by atoms with Gasteiger partial charge >= 0.3 is 0 Å². The number of benzene rings is 1. The molecule has 1 N–H and O–H groups in total. The summed E-state index contributed by atoms with van der Waals surface area (Å²) in [6, 6.07) is 5.78. The Balaban J connectivity index is 1.91. The molecule has 1 fully saturated rings. The molecule has 1 nitrogen and oxygen atoms in total. The first-order valence-corrected chi connectivity index (χ1v) is 7.46. The minimum Gasteiger partial charge on any atom is -0.310 e. The molecule has 88 valence electrons. The summed E-state index contributed by atoms with van der Waals surface area (Å²) in [4.78, 5) is 0. The number of halogens is 2. The second-order valence-electron chi connectivity index (χ2n) is 3.98. The summed E-state index contributed by atoms with van der Waals surface area (Å²) in [6.07, 6.45) is 2.44. The van der Waals surface area contributed by atoms with E-state index in [0.29, 0.717) is 10.5 Å². The maximum absolute atomic E-state index is 13.3. The van der Waals surface area contributed by atoms with Crippen LogP contribution < -0.4 is 5.32 Å². The van der Waals surface area contributed by atoms with Gasteiger partial charge in [0, 0.05) is 12.6 Å². The first-order valence-electron chi connectivity index (χ1n) is 5.51. The first kappa shape index (κ1) is 12.4. The highest BCUT2D eigenvalue weighted by atomic mass is 79.9. The molecular formula is C12H15BrFNS. The largest absolute Gasteiger partial charge is 0.310 e. The van der Waals surface area contributed by atoms with Crippen LogP contribution in [0.5, 0.6) is 0 Å². The van der Waals surface area contributed by atoms with Crippen molar-refractivity contribution >= 4 is 27.7 Å². The molecule has 4 heteroatoms. The van der Waals surface area contributed by atoms with Crippen molar-refractivity contribution in [1.29, 1.82) is 0 Å². The van der Waals surface area contributed by atoms with Crippen molar-refractivity contribution in [3.63, 3.8) is 0 Å². The van der Waals surface area contributed by atoms with Gasteiger partial charge in [-0.1, -0.05) is 12.1 Å². The Labute approximate surface area is 108 Å². The highest BCUT2D eigenvalue weighted by Crippen LogP contribution is 2.21. The maximum atomic E-state index is 13.3. The molecule has 0 bridgehead atoms. The quantitative estimate of drug-likeness (QED) is 0.916. The van der Waals surface area contributed by atoms with Gasteiger partial charge in [0.15, 0.2) is 0 Å². The first-order chi connectivity index (χ1) is 7.77. The third kappa shape index (κ3) is 3.22. The molecule has 0 aromatic heterocycles. The van der Waals surface area contributed by atoms with Crippen molar-refractivity contribution in [3.8, 4) is 0 Å². The molecule has 0 radical (unpaired) electrons. The van der Waals surface area contributed by atoms with E-state index in [9.17, 15) is 4.39 Å². The molecule has 0 aliphatic carbocycles. The summed E-state index contributed by atoms with van der Waals surface area (Å²) in [5.74, 6) is 2.29. The minimum atomic E-state index is -0.182. The third-order valence-electron chi connectivity index (χ3n) is 2.83. The zero-order valence-electron chi connectivity index (χ0n) is 9.01. The molecule has 1 aromatic rings. The standard InChI is InChI=1S/C12H15BrFNS/c13-12-9(2-1-3-11(12)14)8-15-10-4-6-16-7-5-10/h1-3,10,15H,4-8H2. The minimum absolute atomic E-state index is 0.182. The lowest BCUT2D eigenvalue weighted by Gasteiger charge is -2.22. The van der Waals surface area contributed by atoms with E-state index in [1.54, 1.807) is 6.07 Å². The number of thioether (sulfide) groups is 1. The van der Waals surface area contributed by atoms with E-state index < -0.39 is 0 Å². The molecule has 0 atom stereocenters. The average molecular weight is 304 g/mol. The fourth-order valence-electron chi connectivity index (χ4n) is 1.84. The van der Waals surface area contributed by atoms with Crippen molar-refractivity contribution < 1.29 is 4.39 Å². The van der Waals surface area contributed by atoms with Crippen molar-refractivity contribution in [2.24, 2.45) is 0 Å². The van der Waals surface area contributed by atoms with Crippen molar-refractivity contribution in [2.45, 2.75) is 25.4 Å². The zero-order valence-corrected chi connectivity index (χ0v) is 11.4. The fraction of sp³-hybridized carbons (Fsp3) is 0.500. The van der Waals surface area contributed by atoms with Crippen LogP contribution in [0.25, 0.3) is 0 Å². The predicted octanol–water partition coefficient (Wildman–Crippen LogP) is 3.57. The van der Waals surface area contributed by atoms with Gasteiger partial charge < -0.3 is 5.32 Å². The van der Waals surface area contributed by atoms with Crippen molar-refractivity contribution in [1.82, 2.24) is 5.32 Å². The molecule has 1 aromatic carbocycles. The Morgan fingerprint density at radius 2 is 2.12 bits per heavy atom. The van der Waals surface area contributed by atoms with E-state index >= 15 is 0 Å². The highest BCUT2D eigenvalue weighted by molar-refractivity contribution is 9.10. The molecule has 1 saturated heterocycles. The van der Waals surface area contributed by atoms with Gasteiger partial charge in [-0.25, -0.2) is 4.39 Å². The van der Waals surface area contributed by atoms with Gasteiger partial charge in [-0.2, -0.15) is 11.8 Å². The van der Waals surface area contributed by atoms with Crippen LogP contribution in [0, 0.1) is 5.82 Å². The van der Waals surface area contributed by atoms with E-state index in [0.717, 1.165) is 12.1 Å². The Bertz CT molecular complexity index is 353. The lowest BCUT2D eigenvalue weighted by atomic mass is 10.1. The van der Waals surface area contributed by atoms with Gasteiger partial charge in [-0.3, -0.25) is 0 Å². The molecule has 1 heterocycles. The van der Waals surface area contributed by atoms with Crippen LogP contribution in [0.2, 0.25) is 0 Å². The topological polar surface area (TPSA) is 12.0 Å². The number of hydrogen-bond acceptors (Lipinski definition) is 2. The Hall–Kier alpha value is -0.0600. The molecule has 0 spiro atoms. The second-order valence-corrected chi connectivity index (χ2v) is 6.00. The van der Waals surface area contributed by atoms with Crippen molar-refractivity contribution in [3.05, 3.63) is 34.1 Å². The third-order valence-corrected chi connectivity index (χ3v) is 4.77. The molecule has 1 aliphatic rings. The number of nitrogens with one attached hydrogen (secondary N) is 1. The average Bonchev–Trinajstić information content (AvgIpc) is 2.32. The summed E-state index contributed by atoms with van der Waals surface area (Å²) >= 11 is 5.30. The van der Waals surface area contributed by atoms with Crippen LogP contribution in [-0.4, -0.2) is 17.5 Å². The van der Waals surface area contributed by atoms with E-state index in [-0.39, 0.29) is 5.82 Å². The van der Waals surface area contributed by atoms with E-state index in [4.69, 9.17) is 0 Å². The Morgan fingerprint density at radius 1 is 1.38 bits per heavy atom. The monoisotopic (exact) mass is 303 g/mol. The smallest absolute Gasteiger partial charge is 0.137 e. The van der Waals surface area contributed by atoms with Gasteiger partial charge in [0.05, 0.1) is 4.47 Å². The van der Waals surface area contributed by atoms with E-state index in [1.807, 2.05) is 17.8 Å². The van der Waals surface area contributed by atoms with Crippen LogP contribution in [0.1, 0.15) is 18.4 Å². The molecule has 0 saturated carbocycles. The van der Waals surface area contributed by atoms with Crippen molar-refractivity contribution in [2.75, 3.05) is 11.5 Å². The van der Waals surface area contributed by atoms with Crippen LogP contribution in [-0.2, 0) is 6.54 Å². The SMILES string of the molecule is Fc1cccc(CNC2CCSCC2)c1Br. The summed E-state index contributed by atoms with van der Waals surface area (Å²) < 4.78 is 13.9. The molecular weight excluding hydrogens is 289 g/mol. The maximum Gasteiger partial charge on any atom is 0.137 e. The summed E-state index contributed by atoms with van der Waals surface area (Å²) in [5, 5.41) is 3.50. The van der Waals surface area contributed by atoms with Crippen LogP contribution in [0.4, 0.5) is 4.39 Å². The van der Waals surface area contributed by atoms with E-state index in [2.05, 4.69) is 21.2 Å². The Kier molecular flexibility index (Phi) is 4.67. The lowest BCUT2D eigenvalue weighted by Crippen LogP contribution is -2.32. The van der Waals surface area contributed by atoms with Crippen LogP contribution in [0.15, 0.2) is 22.7 Å². The van der Waals surface area contributed by atoms with Gasteiger partial charge in [0.1, 0.15) is 5.82 Å². The predicted molar refractivity (Wildman–Crippen MR) is 71.3 cm³/mol. The van der Waals surface area contributed by atoms with Gasteiger partial charge in [0.2, 0.25) is 0 Å². The van der Waals surface area contributed by atoms with E-state index in [1.165, 1.54) is 30.4 Å². The normalized spacial score (nSPS) is 17.6. The molecule has 2 rings (SSSR count). The molecule has 1 aliphatic heterocycles. The fourth-order valence-corrected chi connectivity index (χ4v) is 3.35. The lowest BCUT2D eigenvalue weighted by molar-refractivity contribution is 0.480. The Morgan fingerprint density at radius 3 is 2.88 bits per heavy atom. The number of hydrogen-bond donors (Lipinski definition) is 1. The summed E-state index contributed by atoms with van der Waals surface area (Å²) in [6.45, 7) is 0.744. The van der Waals surface area contributed by atoms with Gasteiger partial charge in [0.25, 0.3) is 0 Å². The number of rotatable bonds is 3. The van der Waals surface area contributed by atoms with Gasteiger partial charge in [-0.05, 0) is 51.9 Å². The molecule has 0 unspecified atom stereocenters.